The summed E-state index contributed by atoms with van der Waals surface area (Å²) in [6.45, 7) is 9.47. The summed E-state index contributed by atoms with van der Waals surface area (Å²) in [5.41, 5.74) is 4.98. The molecule has 4 rings (SSSR count). The third-order valence-corrected chi connectivity index (χ3v) is 8.92. The summed E-state index contributed by atoms with van der Waals surface area (Å²) in [5, 5.41) is 0.451. The van der Waals surface area contributed by atoms with Crippen molar-refractivity contribution >= 4 is 39.2 Å². The molecule has 0 saturated carbocycles. The first-order valence-corrected chi connectivity index (χ1v) is 13.4. The lowest BCUT2D eigenvalue weighted by Gasteiger charge is -2.41. The molecule has 0 aliphatic carbocycles. The van der Waals surface area contributed by atoms with E-state index in [1.807, 2.05) is 32.9 Å². The molecule has 3 aliphatic rings. The van der Waals surface area contributed by atoms with Crippen LogP contribution in [0.4, 0.5) is 0 Å². The quantitative estimate of drug-likeness (QED) is 0.632. The molecule has 0 N–H and O–H groups in total. The maximum Gasteiger partial charge on any atom is 0.255 e. The van der Waals surface area contributed by atoms with Gasteiger partial charge in [-0.25, -0.2) is 17.7 Å². The van der Waals surface area contributed by atoms with Crippen LogP contribution in [0.25, 0.3) is 0 Å². The van der Waals surface area contributed by atoms with Crippen LogP contribution in [-0.4, -0.2) is 67.6 Å². The van der Waals surface area contributed by atoms with E-state index in [-0.39, 0.29) is 30.2 Å². The molecule has 0 spiro atoms. The molecule has 3 heterocycles. The molecule has 1 saturated heterocycles. The van der Waals surface area contributed by atoms with Crippen LogP contribution >= 0.6 is 11.6 Å². The van der Waals surface area contributed by atoms with Crippen molar-refractivity contribution in [2.75, 3.05) is 32.4 Å². The predicted octanol–water partition coefficient (Wildman–Crippen LogP) is 3.21. The lowest BCUT2D eigenvalue weighted by molar-refractivity contribution is -0.120. The Morgan fingerprint density at radius 2 is 1.88 bits per heavy atom. The van der Waals surface area contributed by atoms with Crippen LogP contribution in [0.2, 0.25) is 5.02 Å². The molecular weight excluding hydrogens is 462 g/mol. The summed E-state index contributed by atoms with van der Waals surface area (Å²) in [5.74, 6) is -0.630. The number of fused-ring (bicyclic) bond motifs is 1. The van der Waals surface area contributed by atoms with Crippen molar-refractivity contribution < 1.29 is 18.0 Å². The molecule has 3 aliphatic heterocycles. The molecule has 0 bridgehead atoms. The van der Waals surface area contributed by atoms with Crippen molar-refractivity contribution in [1.29, 1.82) is 0 Å². The van der Waals surface area contributed by atoms with Gasteiger partial charge in [0, 0.05) is 31.9 Å². The average molecular weight is 492 g/mol. The van der Waals surface area contributed by atoms with Crippen LogP contribution in [0, 0.1) is 18.8 Å². The standard InChI is InChI=1S/C24H30ClN3O4S/c1-13-8-15(3)26-23(29)20(13)12-27-7-6-18-14(2)9-19(22(25)21(18)24(27)30)16(4)17-10-28(11-17)33(5,31)32/h8-9,16-17,20H,6-7,10-12H2,1-5H3. The lowest BCUT2D eigenvalue weighted by atomic mass is 9.80. The number of hydrogen-bond donors (Lipinski definition) is 0. The molecule has 33 heavy (non-hydrogen) atoms. The third-order valence-electron chi connectivity index (χ3n) is 7.27. The minimum absolute atomic E-state index is 0.0186. The number of rotatable bonds is 5. The Labute approximate surface area is 200 Å². The zero-order valence-electron chi connectivity index (χ0n) is 19.7. The van der Waals surface area contributed by atoms with Gasteiger partial charge in [0.05, 0.1) is 22.8 Å². The number of allylic oxidation sites excluding steroid dienone is 1. The Morgan fingerprint density at radius 1 is 1.21 bits per heavy atom. The number of aliphatic imine (C=N–C) groups is 1. The van der Waals surface area contributed by atoms with Crippen molar-refractivity contribution in [2.24, 2.45) is 16.8 Å². The van der Waals surface area contributed by atoms with Gasteiger partial charge < -0.3 is 4.90 Å². The third kappa shape index (κ3) is 4.40. The second kappa shape index (κ2) is 8.64. The SMILES string of the molecule is CC1=CC(C)=NC(=O)C1CN1CCc2c(C)cc(C(C)C3CN(S(C)(=O)=O)C3)c(Cl)c2C1=O. The van der Waals surface area contributed by atoms with E-state index < -0.39 is 15.9 Å². The summed E-state index contributed by atoms with van der Waals surface area (Å²) in [6, 6.07) is 2.05. The zero-order valence-corrected chi connectivity index (χ0v) is 21.3. The highest BCUT2D eigenvalue weighted by Gasteiger charge is 2.39. The molecule has 1 fully saturated rings. The number of hydrogen-bond acceptors (Lipinski definition) is 4. The molecule has 178 valence electrons. The number of aryl methyl sites for hydroxylation is 1. The molecule has 7 nitrogen and oxygen atoms in total. The first-order valence-electron chi connectivity index (χ1n) is 11.2. The van der Waals surface area contributed by atoms with E-state index in [1.165, 1.54) is 10.6 Å². The van der Waals surface area contributed by atoms with Crippen LogP contribution in [0.15, 0.2) is 22.7 Å². The van der Waals surface area contributed by atoms with Gasteiger partial charge in [-0.3, -0.25) is 9.59 Å². The van der Waals surface area contributed by atoms with E-state index in [0.29, 0.717) is 42.4 Å². The molecule has 2 atom stereocenters. The number of benzene rings is 1. The van der Waals surface area contributed by atoms with Gasteiger partial charge in [-0.05, 0) is 61.8 Å². The maximum absolute atomic E-state index is 13.5. The normalized spacial score (nSPS) is 23.1. The number of carbonyl (C=O) groups is 2. The van der Waals surface area contributed by atoms with Gasteiger partial charge in [0.25, 0.3) is 11.8 Å². The second-order valence-electron chi connectivity index (χ2n) is 9.61. The van der Waals surface area contributed by atoms with Crippen LogP contribution in [0.5, 0.6) is 0 Å². The van der Waals surface area contributed by atoms with Crippen molar-refractivity contribution in [2.45, 2.75) is 40.0 Å². The van der Waals surface area contributed by atoms with Crippen molar-refractivity contribution in [3.05, 3.63) is 45.0 Å². The van der Waals surface area contributed by atoms with Crippen molar-refractivity contribution in [3.63, 3.8) is 0 Å². The minimum Gasteiger partial charge on any atom is -0.337 e. The van der Waals surface area contributed by atoms with E-state index in [1.54, 1.807) is 11.8 Å². The van der Waals surface area contributed by atoms with Crippen LogP contribution in [0.1, 0.15) is 53.7 Å². The number of sulfonamides is 1. The van der Waals surface area contributed by atoms with Gasteiger partial charge in [-0.1, -0.05) is 30.2 Å². The Bertz CT molecular complexity index is 1200. The van der Waals surface area contributed by atoms with Gasteiger partial charge in [0.1, 0.15) is 0 Å². The highest BCUT2D eigenvalue weighted by Crippen LogP contribution is 2.41. The van der Waals surface area contributed by atoms with Crippen molar-refractivity contribution in [3.8, 4) is 0 Å². The predicted molar refractivity (Wildman–Crippen MR) is 129 cm³/mol. The molecule has 0 radical (unpaired) electrons. The summed E-state index contributed by atoms with van der Waals surface area (Å²) in [6.07, 6.45) is 3.79. The Kier molecular flexibility index (Phi) is 6.31. The monoisotopic (exact) mass is 491 g/mol. The summed E-state index contributed by atoms with van der Waals surface area (Å²) in [7, 11) is -3.19. The topological polar surface area (TPSA) is 87.1 Å². The number of carbonyl (C=O) groups excluding carboxylic acids is 2. The molecule has 1 aromatic carbocycles. The Morgan fingerprint density at radius 3 is 2.48 bits per heavy atom. The summed E-state index contributed by atoms with van der Waals surface area (Å²) < 4.78 is 25.0. The first-order chi connectivity index (χ1) is 15.4. The highest BCUT2D eigenvalue weighted by molar-refractivity contribution is 7.88. The summed E-state index contributed by atoms with van der Waals surface area (Å²) >= 11 is 6.84. The molecule has 9 heteroatoms. The fraction of sp³-hybridized carbons (Fsp3) is 0.542. The van der Waals surface area contributed by atoms with E-state index in [4.69, 9.17) is 11.6 Å². The Balaban J connectivity index is 1.59. The van der Waals surface area contributed by atoms with Gasteiger partial charge >= 0.3 is 0 Å². The van der Waals surface area contributed by atoms with Gasteiger partial charge in [0.15, 0.2) is 0 Å². The molecule has 2 amide bonds. The molecule has 0 aromatic heterocycles. The van der Waals surface area contributed by atoms with Crippen LogP contribution < -0.4 is 0 Å². The van der Waals surface area contributed by atoms with Crippen LogP contribution in [-0.2, 0) is 21.2 Å². The van der Waals surface area contributed by atoms with Gasteiger partial charge in [-0.2, -0.15) is 0 Å². The minimum atomic E-state index is -3.19. The van der Waals surface area contributed by atoms with E-state index >= 15 is 0 Å². The van der Waals surface area contributed by atoms with E-state index in [0.717, 1.165) is 22.3 Å². The Hall–Kier alpha value is -2.03. The zero-order chi connectivity index (χ0) is 24.2. The number of amides is 2. The largest absolute Gasteiger partial charge is 0.337 e. The molecule has 2 unspecified atom stereocenters. The number of halogens is 1. The maximum atomic E-state index is 13.5. The van der Waals surface area contributed by atoms with Gasteiger partial charge in [-0.15, -0.1) is 0 Å². The number of dihydropyridines is 1. The molecule has 1 aromatic rings. The van der Waals surface area contributed by atoms with E-state index in [2.05, 4.69) is 4.99 Å². The smallest absolute Gasteiger partial charge is 0.255 e. The fourth-order valence-electron chi connectivity index (χ4n) is 5.08. The number of nitrogens with zero attached hydrogens (tertiary/aromatic N) is 3. The lowest BCUT2D eigenvalue weighted by Crippen LogP contribution is -2.51. The van der Waals surface area contributed by atoms with Crippen molar-refractivity contribution in [1.82, 2.24) is 9.21 Å². The second-order valence-corrected chi connectivity index (χ2v) is 12.0. The average Bonchev–Trinajstić information content (AvgIpc) is 2.65. The molecular formula is C24H30ClN3O4S. The fourth-order valence-corrected chi connectivity index (χ4v) is 6.42. The first kappa shape index (κ1) is 24.1. The van der Waals surface area contributed by atoms with Crippen LogP contribution in [0.3, 0.4) is 0 Å². The highest BCUT2D eigenvalue weighted by atomic mass is 35.5. The summed E-state index contributed by atoms with van der Waals surface area (Å²) in [4.78, 5) is 31.8. The van der Waals surface area contributed by atoms with E-state index in [9.17, 15) is 18.0 Å². The van der Waals surface area contributed by atoms with Gasteiger partial charge in [0.2, 0.25) is 10.0 Å².